The number of aromatic nitrogens is 2. The monoisotopic (exact) mass is 589 g/mol. The number of aliphatic hydroxyl groups is 1. The van der Waals surface area contributed by atoms with Crippen molar-refractivity contribution in [3.63, 3.8) is 0 Å². The summed E-state index contributed by atoms with van der Waals surface area (Å²) in [6.07, 6.45) is -4.53. The molecule has 0 spiro atoms. The molecule has 14 heteroatoms. The van der Waals surface area contributed by atoms with Crippen molar-refractivity contribution in [2.45, 2.75) is 102 Å². The summed E-state index contributed by atoms with van der Waals surface area (Å²) in [6, 6.07) is -1.86. The van der Waals surface area contributed by atoms with Gasteiger partial charge in [0, 0.05) is 29.4 Å². The Hall–Kier alpha value is -2.87. The largest absolute Gasteiger partial charge is 0.408 e. The number of halogens is 5. The average Bonchev–Trinajstić information content (AvgIpc) is 3.52. The fourth-order valence-corrected chi connectivity index (χ4v) is 6.09. The van der Waals surface area contributed by atoms with Gasteiger partial charge in [-0.15, -0.1) is 11.3 Å². The molecule has 3 heterocycles. The van der Waals surface area contributed by atoms with Crippen LogP contribution in [-0.2, 0) is 0 Å². The summed E-state index contributed by atoms with van der Waals surface area (Å²) in [4.78, 5) is 36.6. The summed E-state index contributed by atoms with van der Waals surface area (Å²) in [5.41, 5.74) is -1.03. The quantitative estimate of drug-likeness (QED) is 0.331. The lowest BCUT2D eigenvalue weighted by atomic mass is 9.89. The van der Waals surface area contributed by atoms with Crippen LogP contribution in [0.5, 0.6) is 0 Å². The number of carbonyl (C=O) groups is 2. The van der Waals surface area contributed by atoms with Crippen LogP contribution in [0.4, 0.5) is 27.8 Å². The van der Waals surface area contributed by atoms with E-state index in [-0.39, 0.29) is 39.6 Å². The number of likely N-dealkylation sites (tertiary alicyclic amines) is 1. The van der Waals surface area contributed by atoms with E-state index in [0.717, 1.165) is 36.4 Å². The highest BCUT2D eigenvalue weighted by atomic mass is 32.1. The molecular weight excluding hydrogens is 557 g/mol. The molecule has 2 aromatic heterocycles. The first-order chi connectivity index (χ1) is 18.8. The number of hydrogen-bond donors (Lipinski definition) is 3. The van der Waals surface area contributed by atoms with Gasteiger partial charge in [-0.1, -0.05) is 13.8 Å². The van der Waals surface area contributed by atoms with Crippen LogP contribution in [0.3, 0.4) is 0 Å². The van der Waals surface area contributed by atoms with E-state index in [4.69, 9.17) is 0 Å². The summed E-state index contributed by atoms with van der Waals surface area (Å²) in [5, 5.41) is 14.5. The number of pyridine rings is 1. The molecule has 2 unspecified atom stereocenters. The molecular formula is C26H32F5N5O3S. The van der Waals surface area contributed by atoms with Crippen molar-refractivity contribution in [3.8, 4) is 10.4 Å². The number of amides is 2. The highest BCUT2D eigenvalue weighted by Crippen LogP contribution is 2.40. The molecule has 8 nitrogen and oxygen atoms in total. The molecule has 5 atom stereocenters. The second kappa shape index (κ2) is 11.9. The summed E-state index contributed by atoms with van der Waals surface area (Å²) < 4.78 is 68.4. The summed E-state index contributed by atoms with van der Waals surface area (Å²) in [6.45, 7) is 5.12. The highest BCUT2D eigenvalue weighted by Gasteiger charge is 2.40. The van der Waals surface area contributed by atoms with Gasteiger partial charge in [-0.3, -0.25) is 9.59 Å². The Kier molecular flexibility index (Phi) is 8.98. The molecule has 0 radical (unpaired) electrons. The number of thiazole rings is 1. The van der Waals surface area contributed by atoms with Crippen molar-refractivity contribution in [3.05, 3.63) is 28.5 Å². The topological polar surface area (TPSA) is 107 Å². The molecule has 220 valence electrons. The summed E-state index contributed by atoms with van der Waals surface area (Å²) in [5.74, 6) is -1.57. The van der Waals surface area contributed by atoms with E-state index in [1.54, 1.807) is 4.90 Å². The van der Waals surface area contributed by atoms with Crippen LogP contribution in [0, 0.1) is 0 Å². The maximum atomic E-state index is 14.3. The van der Waals surface area contributed by atoms with Crippen LogP contribution in [0.25, 0.3) is 10.4 Å². The van der Waals surface area contributed by atoms with Crippen LogP contribution in [0.1, 0.15) is 91.6 Å². The minimum absolute atomic E-state index is 0.0181. The Balaban J connectivity index is 1.77. The number of carbonyl (C=O) groups excluding carboxylic acids is 2. The van der Waals surface area contributed by atoms with E-state index in [1.165, 1.54) is 6.92 Å². The molecule has 4 rings (SSSR count). The van der Waals surface area contributed by atoms with E-state index >= 15 is 0 Å². The minimum Gasteiger partial charge on any atom is -0.391 e. The Morgan fingerprint density at radius 3 is 2.48 bits per heavy atom. The predicted molar refractivity (Wildman–Crippen MR) is 139 cm³/mol. The fourth-order valence-electron chi connectivity index (χ4n) is 5.10. The molecule has 2 aromatic rings. The molecule has 0 aromatic carbocycles. The third kappa shape index (κ3) is 6.07. The first kappa shape index (κ1) is 30.1. The molecule has 2 amide bonds. The van der Waals surface area contributed by atoms with E-state index in [1.807, 2.05) is 13.8 Å². The van der Waals surface area contributed by atoms with Gasteiger partial charge < -0.3 is 20.6 Å². The lowest BCUT2D eigenvalue weighted by Crippen LogP contribution is -2.50. The van der Waals surface area contributed by atoms with Crippen molar-refractivity contribution >= 4 is 29.0 Å². The standard InChI is InChI=1S/C26H32F5N5O3S/c1-4-13-7-6-12(3)36(13)25(39)20-21(40-24(35-20)23(38)33-16-8-9-17(16)37)15-11-32-19(10-14(15)22(27)28)34-18(5-2)26(29,30)31/h10-13,16-18,22,37H,4-9H2,1-3H3,(H,32,34)(H,33,38)/t12?,13?,16-,17-,18-/m0/s1. The third-order valence-electron chi connectivity index (χ3n) is 7.61. The Morgan fingerprint density at radius 1 is 1.20 bits per heavy atom. The van der Waals surface area contributed by atoms with Crippen LogP contribution < -0.4 is 10.6 Å². The van der Waals surface area contributed by atoms with Gasteiger partial charge in [-0.25, -0.2) is 18.7 Å². The van der Waals surface area contributed by atoms with Gasteiger partial charge in [0.1, 0.15) is 17.6 Å². The molecule has 1 aliphatic heterocycles. The van der Waals surface area contributed by atoms with Gasteiger partial charge in [0.2, 0.25) is 0 Å². The Morgan fingerprint density at radius 2 is 1.93 bits per heavy atom. The van der Waals surface area contributed by atoms with Gasteiger partial charge in [-0.2, -0.15) is 13.2 Å². The van der Waals surface area contributed by atoms with E-state index in [0.29, 0.717) is 19.3 Å². The maximum Gasteiger partial charge on any atom is 0.408 e. The van der Waals surface area contributed by atoms with Crippen LogP contribution in [-0.4, -0.2) is 68.2 Å². The zero-order valence-corrected chi connectivity index (χ0v) is 23.1. The zero-order chi connectivity index (χ0) is 29.4. The molecule has 40 heavy (non-hydrogen) atoms. The Labute approximate surface area is 232 Å². The number of rotatable bonds is 9. The summed E-state index contributed by atoms with van der Waals surface area (Å²) in [7, 11) is 0. The van der Waals surface area contributed by atoms with Crippen molar-refractivity contribution < 1.29 is 36.6 Å². The van der Waals surface area contributed by atoms with E-state index in [2.05, 4.69) is 20.6 Å². The molecule has 2 fully saturated rings. The van der Waals surface area contributed by atoms with E-state index in [9.17, 15) is 36.6 Å². The van der Waals surface area contributed by atoms with Crippen LogP contribution >= 0.6 is 11.3 Å². The number of hydrogen-bond acceptors (Lipinski definition) is 7. The van der Waals surface area contributed by atoms with Gasteiger partial charge in [0.15, 0.2) is 5.01 Å². The second-order valence-corrected chi connectivity index (χ2v) is 11.2. The molecule has 0 bridgehead atoms. The number of alkyl halides is 5. The van der Waals surface area contributed by atoms with E-state index < -0.39 is 54.0 Å². The zero-order valence-electron chi connectivity index (χ0n) is 22.3. The van der Waals surface area contributed by atoms with Gasteiger partial charge in [-0.05, 0) is 51.5 Å². The number of anilines is 1. The fraction of sp³-hybridized carbons (Fsp3) is 0.615. The number of nitrogens with zero attached hydrogens (tertiary/aromatic N) is 3. The van der Waals surface area contributed by atoms with Crippen molar-refractivity contribution in [2.75, 3.05) is 5.32 Å². The number of nitrogens with one attached hydrogen (secondary N) is 2. The highest BCUT2D eigenvalue weighted by molar-refractivity contribution is 7.17. The van der Waals surface area contributed by atoms with Crippen molar-refractivity contribution in [1.82, 2.24) is 20.2 Å². The maximum absolute atomic E-state index is 14.3. The summed E-state index contributed by atoms with van der Waals surface area (Å²) >= 11 is 0.730. The Bertz CT molecular complexity index is 1240. The molecule has 1 saturated heterocycles. The second-order valence-electron chi connectivity index (χ2n) is 10.2. The van der Waals surface area contributed by atoms with Gasteiger partial charge in [0.25, 0.3) is 18.2 Å². The number of aliphatic hydroxyl groups excluding tert-OH is 1. The SMILES string of the molecule is CCC1CCC(C)N1C(=O)c1nc(C(=O)N[C@H]2CC[C@@H]2O)sc1-c1cnc(N[C@@H](CC)C(F)(F)F)cc1C(F)F. The molecule has 1 aliphatic carbocycles. The lowest BCUT2D eigenvalue weighted by Gasteiger charge is -2.32. The molecule has 1 saturated carbocycles. The smallest absolute Gasteiger partial charge is 0.391 e. The first-order valence-electron chi connectivity index (χ1n) is 13.3. The predicted octanol–water partition coefficient (Wildman–Crippen LogP) is 5.55. The van der Waals surface area contributed by atoms with Crippen LogP contribution in [0.15, 0.2) is 12.3 Å². The van der Waals surface area contributed by atoms with Gasteiger partial charge >= 0.3 is 6.18 Å². The molecule has 3 N–H and O–H groups in total. The minimum atomic E-state index is -4.62. The first-order valence-corrected chi connectivity index (χ1v) is 14.1. The lowest BCUT2D eigenvalue weighted by molar-refractivity contribution is -0.142. The molecule has 2 aliphatic rings. The van der Waals surface area contributed by atoms with Crippen LogP contribution in [0.2, 0.25) is 0 Å². The van der Waals surface area contributed by atoms with Crippen molar-refractivity contribution in [2.24, 2.45) is 0 Å². The average molecular weight is 590 g/mol. The third-order valence-corrected chi connectivity index (χ3v) is 8.70. The van der Waals surface area contributed by atoms with Crippen molar-refractivity contribution in [1.29, 1.82) is 0 Å². The van der Waals surface area contributed by atoms with Gasteiger partial charge in [0.05, 0.1) is 17.0 Å². The normalized spacial score (nSPS) is 23.7.